The standard InChI is InChI=1S/C23H24N4O4/c1-13-11-15(3-5-17(13)24)26-19(28)7-9-23(21(26)30)10-8-20(29)27(22(23)31)16-4-6-18(25)14(2)12-16/h3-6,11-12H,7-10,24-25H2,1-2H3. The van der Waals surface area contributed by atoms with Crippen LogP contribution in [0.25, 0.3) is 0 Å². The second kappa shape index (κ2) is 7.23. The molecule has 2 aliphatic rings. The maximum Gasteiger partial charge on any atom is 0.249 e. The molecule has 4 rings (SSSR count). The molecule has 2 saturated heterocycles. The highest BCUT2D eigenvalue weighted by Crippen LogP contribution is 2.44. The van der Waals surface area contributed by atoms with Gasteiger partial charge in [-0.3, -0.25) is 19.2 Å². The molecule has 31 heavy (non-hydrogen) atoms. The fraction of sp³-hybridized carbons (Fsp3) is 0.304. The van der Waals surface area contributed by atoms with Gasteiger partial charge in [0.25, 0.3) is 0 Å². The van der Waals surface area contributed by atoms with Gasteiger partial charge in [0.05, 0.1) is 11.4 Å². The predicted molar refractivity (Wildman–Crippen MR) is 117 cm³/mol. The van der Waals surface area contributed by atoms with E-state index in [9.17, 15) is 19.2 Å². The van der Waals surface area contributed by atoms with E-state index in [1.54, 1.807) is 50.2 Å². The number of carbonyl (C=O) groups is 4. The van der Waals surface area contributed by atoms with Gasteiger partial charge in [-0.2, -0.15) is 0 Å². The number of nitrogen functional groups attached to an aromatic ring is 2. The molecule has 2 heterocycles. The lowest BCUT2D eigenvalue weighted by atomic mass is 9.71. The van der Waals surface area contributed by atoms with E-state index in [1.165, 1.54) is 0 Å². The molecule has 2 aromatic rings. The van der Waals surface area contributed by atoms with Gasteiger partial charge in [-0.25, -0.2) is 9.80 Å². The Morgan fingerprint density at radius 2 is 1.10 bits per heavy atom. The number of carbonyl (C=O) groups excluding carboxylic acids is 4. The minimum Gasteiger partial charge on any atom is -0.399 e. The summed E-state index contributed by atoms with van der Waals surface area (Å²) in [7, 11) is 0. The van der Waals surface area contributed by atoms with Gasteiger partial charge in [0.1, 0.15) is 5.41 Å². The number of imide groups is 2. The molecule has 2 fully saturated rings. The molecule has 160 valence electrons. The Balaban J connectivity index is 1.76. The molecule has 2 aromatic carbocycles. The van der Waals surface area contributed by atoms with Gasteiger partial charge < -0.3 is 11.5 Å². The van der Waals surface area contributed by atoms with Crippen molar-refractivity contribution in [3.63, 3.8) is 0 Å². The van der Waals surface area contributed by atoms with E-state index in [1.807, 2.05) is 0 Å². The first kappa shape index (κ1) is 20.6. The average Bonchev–Trinajstić information content (AvgIpc) is 2.72. The van der Waals surface area contributed by atoms with Gasteiger partial charge >= 0.3 is 0 Å². The predicted octanol–water partition coefficient (Wildman–Crippen LogP) is 2.46. The van der Waals surface area contributed by atoms with Crippen LogP contribution in [0.5, 0.6) is 0 Å². The summed E-state index contributed by atoms with van der Waals surface area (Å²) in [6.07, 6.45) is 0.213. The van der Waals surface area contributed by atoms with Crippen LogP contribution in [0.2, 0.25) is 0 Å². The Labute approximate surface area is 179 Å². The molecular formula is C23H24N4O4. The molecule has 0 aliphatic carbocycles. The number of anilines is 4. The fourth-order valence-electron chi connectivity index (χ4n) is 4.28. The topological polar surface area (TPSA) is 127 Å². The Kier molecular flexibility index (Phi) is 4.80. The Morgan fingerprint density at radius 3 is 1.45 bits per heavy atom. The van der Waals surface area contributed by atoms with Crippen molar-refractivity contribution in [2.45, 2.75) is 39.5 Å². The molecule has 0 aromatic heterocycles. The molecule has 0 saturated carbocycles. The largest absolute Gasteiger partial charge is 0.399 e. The van der Waals surface area contributed by atoms with E-state index in [4.69, 9.17) is 11.5 Å². The van der Waals surface area contributed by atoms with Crippen LogP contribution in [-0.4, -0.2) is 23.6 Å². The monoisotopic (exact) mass is 420 g/mol. The number of aryl methyl sites for hydroxylation is 2. The number of rotatable bonds is 2. The minimum atomic E-state index is -1.47. The van der Waals surface area contributed by atoms with Crippen molar-refractivity contribution in [2.75, 3.05) is 21.3 Å². The second-order valence-electron chi connectivity index (χ2n) is 8.23. The highest BCUT2D eigenvalue weighted by molar-refractivity contribution is 6.31. The number of nitrogens with zero attached hydrogens (tertiary/aromatic N) is 2. The lowest BCUT2D eigenvalue weighted by Gasteiger charge is -2.44. The number of nitrogens with two attached hydrogens (primary N) is 2. The van der Waals surface area contributed by atoms with Crippen LogP contribution in [0.1, 0.15) is 36.8 Å². The third-order valence-electron chi connectivity index (χ3n) is 6.28. The molecule has 4 N–H and O–H groups in total. The van der Waals surface area contributed by atoms with Gasteiger partial charge in [0.2, 0.25) is 23.6 Å². The summed E-state index contributed by atoms with van der Waals surface area (Å²) in [6, 6.07) is 9.76. The highest BCUT2D eigenvalue weighted by atomic mass is 16.2. The van der Waals surface area contributed by atoms with Crippen molar-refractivity contribution in [2.24, 2.45) is 5.41 Å². The molecule has 0 atom stereocenters. The van der Waals surface area contributed by atoms with Crippen molar-refractivity contribution in [1.82, 2.24) is 0 Å². The molecular weight excluding hydrogens is 396 g/mol. The summed E-state index contributed by atoms with van der Waals surface area (Å²) in [4.78, 5) is 54.8. The van der Waals surface area contributed by atoms with Crippen molar-refractivity contribution < 1.29 is 19.2 Å². The maximum absolute atomic E-state index is 13.6. The normalized spacial score (nSPS) is 18.8. The van der Waals surface area contributed by atoms with E-state index < -0.39 is 17.2 Å². The van der Waals surface area contributed by atoms with Crippen molar-refractivity contribution in [3.05, 3.63) is 47.5 Å². The lowest BCUT2D eigenvalue weighted by Crippen LogP contribution is -2.62. The first-order valence-electron chi connectivity index (χ1n) is 10.1. The first-order valence-corrected chi connectivity index (χ1v) is 10.1. The van der Waals surface area contributed by atoms with Crippen molar-refractivity contribution in [3.8, 4) is 0 Å². The minimum absolute atomic E-state index is 0.0314. The molecule has 4 amide bonds. The second-order valence-corrected chi connectivity index (χ2v) is 8.23. The fourth-order valence-corrected chi connectivity index (χ4v) is 4.28. The highest BCUT2D eigenvalue weighted by Gasteiger charge is 2.57. The number of benzene rings is 2. The van der Waals surface area contributed by atoms with Crippen LogP contribution in [0.15, 0.2) is 36.4 Å². The van der Waals surface area contributed by atoms with Crippen LogP contribution in [-0.2, 0) is 19.2 Å². The van der Waals surface area contributed by atoms with Gasteiger partial charge in [-0.1, -0.05) is 0 Å². The van der Waals surface area contributed by atoms with E-state index in [-0.39, 0.29) is 37.5 Å². The van der Waals surface area contributed by atoms with Crippen molar-refractivity contribution >= 4 is 46.4 Å². The summed E-state index contributed by atoms with van der Waals surface area (Å²) < 4.78 is 0. The zero-order valence-electron chi connectivity index (χ0n) is 17.5. The molecule has 8 nitrogen and oxygen atoms in total. The third-order valence-corrected chi connectivity index (χ3v) is 6.28. The first-order chi connectivity index (χ1) is 14.7. The van der Waals surface area contributed by atoms with E-state index in [0.29, 0.717) is 22.7 Å². The van der Waals surface area contributed by atoms with Crippen LogP contribution < -0.4 is 21.3 Å². The number of amides is 4. The average molecular weight is 420 g/mol. The Morgan fingerprint density at radius 1 is 0.710 bits per heavy atom. The van der Waals surface area contributed by atoms with E-state index in [2.05, 4.69) is 0 Å². The molecule has 1 spiro atoms. The maximum atomic E-state index is 13.6. The number of hydrogen-bond acceptors (Lipinski definition) is 6. The van der Waals surface area contributed by atoms with Crippen LogP contribution >= 0.6 is 0 Å². The summed E-state index contributed by atoms with van der Waals surface area (Å²) >= 11 is 0. The van der Waals surface area contributed by atoms with E-state index in [0.717, 1.165) is 20.9 Å². The molecule has 0 radical (unpaired) electrons. The third kappa shape index (κ3) is 3.15. The Bertz CT molecular complexity index is 1050. The van der Waals surface area contributed by atoms with Crippen molar-refractivity contribution in [1.29, 1.82) is 0 Å². The SMILES string of the molecule is Cc1cc(N2C(=O)CCC3(CCC(=O)N(c4ccc(N)c(C)c4)C3=O)C2=O)ccc1N. The molecule has 8 heteroatoms. The Hall–Kier alpha value is -3.68. The van der Waals surface area contributed by atoms with Crippen LogP contribution in [0, 0.1) is 19.3 Å². The summed E-state index contributed by atoms with van der Waals surface area (Å²) in [6.45, 7) is 3.56. The molecule has 2 aliphatic heterocycles. The summed E-state index contributed by atoms with van der Waals surface area (Å²) in [5.74, 6) is -1.94. The zero-order chi connectivity index (χ0) is 22.5. The molecule has 0 unspecified atom stereocenters. The van der Waals surface area contributed by atoms with Gasteiger partial charge in [0.15, 0.2) is 0 Å². The molecule has 0 bridgehead atoms. The number of hydrogen-bond donors (Lipinski definition) is 2. The summed E-state index contributed by atoms with van der Waals surface area (Å²) in [5, 5.41) is 0. The van der Waals surface area contributed by atoms with Crippen LogP contribution in [0.3, 0.4) is 0 Å². The van der Waals surface area contributed by atoms with E-state index >= 15 is 0 Å². The van der Waals surface area contributed by atoms with Crippen LogP contribution in [0.4, 0.5) is 22.7 Å². The lowest BCUT2D eigenvalue weighted by molar-refractivity contribution is -0.149. The smallest absolute Gasteiger partial charge is 0.249 e. The quantitative estimate of drug-likeness (QED) is 0.436. The zero-order valence-corrected chi connectivity index (χ0v) is 17.5. The number of piperidine rings is 2. The van der Waals surface area contributed by atoms with Gasteiger partial charge in [-0.05, 0) is 74.2 Å². The van der Waals surface area contributed by atoms with Gasteiger partial charge in [-0.15, -0.1) is 0 Å². The summed E-state index contributed by atoms with van der Waals surface area (Å²) in [5.41, 5.74) is 13.6. The van der Waals surface area contributed by atoms with Gasteiger partial charge in [0, 0.05) is 24.2 Å².